The van der Waals surface area contributed by atoms with Crippen molar-refractivity contribution in [2.45, 2.75) is 45.4 Å². The lowest BCUT2D eigenvalue weighted by molar-refractivity contribution is -0.125. The van der Waals surface area contributed by atoms with Crippen LogP contribution in [0, 0.1) is 11.6 Å². The SMILES string of the molecule is C=CC(=O)N1CC[C@H](n2cc(-c3nc(-c4ccc5c(c4)CCNC5)c4ccsc4c3-c3c(F)cc(F)cc3OC(C)C)cn2)C1. The smallest absolute Gasteiger partial charge is 0.246 e. The molecule has 0 aliphatic carbocycles. The summed E-state index contributed by atoms with van der Waals surface area (Å²) in [5.41, 5.74) is 6.25. The topological polar surface area (TPSA) is 72.3 Å². The van der Waals surface area contributed by atoms with Crippen molar-refractivity contribution in [2.24, 2.45) is 0 Å². The van der Waals surface area contributed by atoms with E-state index in [0.717, 1.165) is 53.3 Å². The number of nitrogens with one attached hydrogen (secondary N) is 1. The molecular formula is C35H33F2N5O2S. The Balaban J connectivity index is 1.44. The van der Waals surface area contributed by atoms with Crippen LogP contribution < -0.4 is 10.1 Å². The maximum absolute atomic E-state index is 16.0. The molecule has 1 fully saturated rings. The molecule has 2 aliphatic heterocycles. The first-order valence-corrected chi connectivity index (χ1v) is 16.0. The number of aromatic nitrogens is 3. The molecule has 3 aromatic heterocycles. The van der Waals surface area contributed by atoms with Gasteiger partial charge in [-0.3, -0.25) is 9.48 Å². The van der Waals surface area contributed by atoms with E-state index in [-0.39, 0.29) is 29.4 Å². The normalized spacial score (nSPS) is 16.4. The minimum absolute atomic E-state index is 0.0207. The number of hydrogen-bond acceptors (Lipinski definition) is 6. The zero-order valence-electron chi connectivity index (χ0n) is 25.1. The third-order valence-electron chi connectivity index (χ3n) is 8.50. The Morgan fingerprint density at radius 3 is 2.82 bits per heavy atom. The van der Waals surface area contributed by atoms with Crippen LogP contribution in [-0.2, 0) is 17.8 Å². The number of amides is 1. The summed E-state index contributed by atoms with van der Waals surface area (Å²) in [6.45, 7) is 10.1. The maximum atomic E-state index is 16.0. The fourth-order valence-electron chi connectivity index (χ4n) is 6.40. The predicted octanol–water partition coefficient (Wildman–Crippen LogP) is 7.16. The van der Waals surface area contributed by atoms with Gasteiger partial charge in [-0.05, 0) is 67.9 Å². The van der Waals surface area contributed by atoms with E-state index in [0.29, 0.717) is 29.9 Å². The van der Waals surface area contributed by atoms with Gasteiger partial charge in [-0.15, -0.1) is 11.3 Å². The summed E-state index contributed by atoms with van der Waals surface area (Å²) in [5, 5.41) is 11.0. The van der Waals surface area contributed by atoms with Crippen molar-refractivity contribution in [1.82, 2.24) is 25.0 Å². The van der Waals surface area contributed by atoms with Crippen molar-refractivity contribution in [3.63, 3.8) is 0 Å². The number of rotatable bonds is 7. The quantitative estimate of drug-likeness (QED) is 0.194. The second-order valence-electron chi connectivity index (χ2n) is 11.8. The number of carbonyl (C=O) groups excluding carboxylic acids is 1. The fraction of sp³-hybridized carbons (Fsp3) is 0.286. The van der Waals surface area contributed by atoms with Gasteiger partial charge in [-0.1, -0.05) is 18.7 Å². The highest BCUT2D eigenvalue weighted by atomic mass is 32.1. The van der Waals surface area contributed by atoms with Gasteiger partial charge in [0.2, 0.25) is 5.91 Å². The molecule has 0 spiro atoms. The fourth-order valence-corrected chi connectivity index (χ4v) is 7.35. The summed E-state index contributed by atoms with van der Waals surface area (Å²) in [6.07, 6.45) is 6.34. The van der Waals surface area contributed by atoms with Gasteiger partial charge in [-0.25, -0.2) is 13.8 Å². The minimum Gasteiger partial charge on any atom is -0.490 e. The summed E-state index contributed by atoms with van der Waals surface area (Å²) >= 11 is 1.49. The van der Waals surface area contributed by atoms with Crippen molar-refractivity contribution >= 4 is 27.3 Å². The van der Waals surface area contributed by atoms with Crippen molar-refractivity contribution < 1.29 is 18.3 Å². The highest BCUT2D eigenvalue weighted by Gasteiger charge is 2.29. The molecule has 5 heterocycles. The Kier molecular flexibility index (Phi) is 7.71. The highest BCUT2D eigenvalue weighted by Crippen LogP contribution is 2.47. The third-order valence-corrected chi connectivity index (χ3v) is 9.44. The molecule has 0 bridgehead atoms. The second kappa shape index (κ2) is 11.8. The van der Waals surface area contributed by atoms with Gasteiger partial charge in [0.15, 0.2) is 0 Å². The lowest BCUT2D eigenvalue weighted by Gasteiger charge is -2.20. The molecule has 5 aromatic rings. The van der Waals surface area contributed by atoms with E-state index in [9.17, 15) is 9.18 Å². The minimum atomic E-state index is -0.723. The Morgan fingerprint density at radius 2 is 2.00 bits per heavy atom. The van der Waals surface area contributed by atoms with Crippen molar-refractivity contribution in [2.75, 3.05) is 19.6 Å². The summed E-state index contributed by atoms with van der Waals surface area (Å²) in [7, 11) is 0. The summed E-state index contributed by atoms with van der Waals surface area (Å²) in [5.74, 6) is -1.42. The molecule has 0 radical (unpaired) electrons. The number of halogens is 2. The molecule has 2 aliphatic rings. The van der Waals surface area contributed by atoms with Crippen LogP contribution >= 0.6 is 11.3 Å². The number of fused-ring (bicyclic) bond motifs is 2. The first kappa shape index (κ1) is 29.3. The largest absolute Gasteiger partial charge is 0.490 e. The molecule has 7 nitrogen and oxygen atoms in total. The van der Waals surface area contributed by atoms with Gasteiger partial charge in [0, 0.05) is 64.7 Å². The number of likely N-dealkylation sites (tertiary alicyclic amines) is 1. The Morgan fingerprint density at radius 1 is 1.13 bits per heavy atom. The molecule has 7 rings (SSSR count). The maximum Gasteiger partial charge on any atom is 0.246 e. The molecule has 0 saturated carbocycles. The molecular weight excluding hydrogens is 592 g/mol. The monoisotopic (exact) mass is 625 g/mol. The summed E-state index contributed by atoms with van der Waals surface area (Å²) in [6, 6.07) is 10.6. The van der Waals surface area contributed by atoms with Gasteiger partial charge in [0.25, 0.3) is 0 Å². The molecule has 1 N–H and O–H groups in total. The van der Waals surface area contributed by atoms with E-state index in [2.05, 4.69) is 35.2 Å². The molecule has 10 heteroatoms. The third kappa shape index (κ3) is 5.42. The van der Waals surface area contributed by atoms with Crippen molar-refractivity contribution in [1.29, 1.82) is 0 Å². The van der Waals surface area contributed by atoms with Gasteiger partial charge in [0.1, 0.15) is 17.4 Å². The van der Waals surface area contributed by atoms with E-state index < -0.39 is 11.6 Å². The van der Waals surface area contributed by atoms with E-state index in [1.807, 2.05) is 36.2 Å². The highest BCUT2D eigenvalue weighted by molar-refractivity contribution is 7.18. The number of thiophene rings is 1. The number of carbonyl (C=O) groups is 1. The first-order valence-electron chi connectivity index (χ1n) is 15.2. The average molecular weight is 626 g/mol. The molecule has 1 atom stereocenters. The van der Waals surface area contributed by atoms with Crippen LogP contribution in [0.1, 0.15) is 37.4 Å². The molecule has 230 valence electrons. The Hall–Kier alpha value is -4.41. The average Bonchev–Trinajstić information content (AvgIpc) is 3.81. The van der Waals surface area contributed by atoms with Gasteiger partial charge in [-0.2, -0.15) is 5.10 Å². The van der Waals surface area contributed by atoms with Gasteiger partial charge >= 0.3 is 0 Å². The van der Waals surface area contributed by atoms with E-state index in [1.165, 1.54) is 34.6 Å². The van der Waals surface area contributed by atoms with E-state index in [1.54, 1.807) is 11.1 Å². The number of hydrogen-bond donors (Lipinski definition) is 1. The van der Waals surface area contributed by atoms with Gasteiger partial charge in [0.05, 0.1) is 35.3 Å². The molecule has 1 amide bonds. The van der Waals surface area contributed by atoms with E-state index in [4.69, 9.17) is 9.72 Å². The zero-order chi connectivity index (χ0) is 31.2. The number of benzene rings is 2. The zero-order valence-corrected chi connectivity index (χ0v) is 26.0. The Bertz CT molecular complexity index is 1950. The summed E-state index contributed by atoms with van der Waals surface area (Å²) < 4.78 is 39.2. The molecule has 45 heavy (non-hydrogen) atoms. The van der Waals surface area contributed by atoms with Crippen LogP contribution in [-0.4, -0.2) is 51.3 Å². The van der Waals surface area contributed by atoms with Crippen LogP contribution in [0.3, 0.4) is 0 Å². The lowest BCUT2D eigenvalue weighted by atomic mass is 9.93. The van der Waals surface area contributed by atoms with Crippen LogP contribution in [0.25, 0.3) is 43.7 Å². The van der Waals surface area contributed by atoms with Crippen LogP contribution in [0.4, 0.5) is 8.78 Å². The second-order valence-corrected chi connectivity index (χ2v) is 12.7. The molecule has 2 aromatic carbocycles. The van der Waals surface area contributed by atoms with Gasteiger partial charge < -0.3 is 15.0 Å². The van der Waals surface area contributed by atoms with Crippen LogP contribution in [0.15, 0.2) is 66.8 Å². The standard InChI is InChI=1S/C35H33F2N5O2S/c1-4-30(43)41-11-8-26(19-41)42-18-24(17-39-42)34-32(31-28(37)14-25(36)15-29(31)44-20(2)3)35-27(9-12-45-35)33(40-34)22-5-6-23-16-38-10-7-21(23)13-22/h4-6,9,12-15,17-18,20,26,38H,1,7-8,10-11,16,19H2,2-3H3/t26-/m0/s1. The Labute approximate surface area is 264 Å². The first-order chi connectivity index (χ1) is 21.8. The van der Waals surface area contributed by atoms with Crippen LogP contribution in [0.2, 0.25) is 0 Å². The van der Waals surface area contributed by atoms with Crippen molar-refractivity contribution in [3.8, 4) is 39.4 Å². The lowest BCUT2D eigenvalue weighted by Crippen LogP contribution is -2.27. The number of pyridine rings is 1. The van der Waals surface area contributed by atoms with Crippen molar-refractivity contribution in [3.05, 3.63) is 89.6 Å². The molecule has 1 saturated heterocycles. The van der Waals surface area contributed by atoms with Crippen LogP contribution in [0.5, 0.6) is 5.75 Å². The number of ether oxygens (including phenoxy) is 1. The predicted molar refractivity (Wildman–Crippen MR) is 173 cm³/mol. The molecule has 0 unspecified atom stereocenters. The van der Waals surface area contributed by atoms with E-state index >= 15 is 4.39 Å². The number of nitrogens with zero attached hydrogens (tertiary/aromatic N) is 4. The summed E-state index contributed by atoms with van der Waals surface area (Å²) in [4.78, 5) is 19.3.